The smallest absolute Gasteiger partial charge is 0.251 e. The molecule has 0 fully saturated rings. The van der Waals surface area contributed by atoms with Crippen LogP contribution in [0.5, 0.6) is 0 Å². The van der Waals surface area contributed by atoms with Crippen LogP contribution in [0.25, 0.3) is 0 Å². The van der Waals surface area contributed by atoms with E-state index in [4.69, 9.17) is 5.73 Å². The standard InChI is InChI=1S/C12H17BrN2O2/c1-3-12(2,7-16)15-11(17)8-4-5-9(13)10(14)6-8/h4-6,16H,3,7,14H2,1-2H3,(H,15,17). The molecule has 17 heavy (non-hydrogen) atoms. The molecule has 5 heteroatoms. The maximum Gasteiger partial charge on any atom is 0.251 e. The highest BCUT2D eigenvalue weighted by atomic mass is 79.9. The molecule has 1 amide bonds. The van der Waals surface area contributed by atoms with E-state index < -0.39 is 5.54 Å². The van der Waals surface area contributed by atoms with Gasteiger partial charge in [0.1, 0.15) is 0 Å². The second-order valence-electron chi connectivity index (χ2n) is 4.26. The van der Waals surface area contributed by atoms with Crippen molar-refractivity contribution in [2.75, 3.05) is 12.3 Å². The highest BCUT2D eigenvalue weighted by molar-refractivity contribution is 9.10. The summed E-state index contributed by atoms with van der Waals surface area (Å²) in [5.74, 6) is -0.234. The van der Waals surface area contributed by atoms with Crippen LogP contribution in [-0.2, 0) is 0 Å². The van der Waals surface area contributed by atoms with Crippen LogP contribution in [-0.4, -0.2) is 23.2 Å². The maximum absolute atomic E-state index is 11.9. The van der Waals surface area contributed by atoms with Gasteiger partial charge in [0.05, 0.1) is 12.1 Å². The van der Waals surface area contributed by atoms with Crippen molar-refractivity contribution in [2.24, 2.45) is 0 Å². The molecular formula is C12H17BrN2O2. The van der Waals surface area contributed by atoms with Crippen LogP contribution in [0.4, 0.5) is 5.69 Å². The lowest BCUT2D eigenvalue weighted by Gasteiger charge is -2.27. The number of halogens is 1. The number of aliphatic hydroxyl groups excluding tert-OH is 1. The Hall–Kier alpha value is -1.07. The first kappa shape index (κ1) is 14.0. The minimum atomic E-state index is -0.598. The van der Waals surface area contributed by atoms with E-state index in [0.717, 1.165) is 4.47 Å². The van der Waals surface area contributed by atoms with Crippen molar-refractivity contribution >= 4 is 27.5 Å². The SMILES string of the molecule is CCC(C)(CO)NC(=O)c1ccc(Br)c(N)c1. The zero-order valence-electron chi connectivity index (χ0n) is 9.96. The van der Waals surface area contributed by atoms with Crippen molar-refractivity contribution in [2.45, 2.75) is 25.8 Å². The third kappa shape index (κ3) is 3.44. The number of rotatable bonds is 4. The number of hydrogen-bond donors (Lipinski definition) is 3. The quantitative estimate of drug-likeness (QED) is 0.744. The number of nitrogens with one attached hydrogen (secondary N) is 1. The van der Waals surface area contributed by atoms with E-state index in [0.29, 0.717) is 17.7 Å². The molecule has 1 aromatic carbocycles. The van der Waals surface area contributed by atoms with Gasteiger partial charge in [0.25, 0.3) is 5.91 Å². The van der Waals surface area contributed by atoms with Gasteiger partial charge in [0.2, 0.25) is 0 Å². The molecule has 0 aliphatic heterocycles. The Morgan fingerprint density at radius 1 is 1.59 bits per heavy atom. The minimum Gasteiger partial charge on any atom is -0.398 e. The normalized spacial score (nSPS) is 14.1. The summed E-state index contributed by atoms with van der Waals surface area (Å²) in [6, 6.07) is 5.02. The molecule has 0 bridgehead atoms. The van der Waals surface area contributed by atoms with Crippen molar-refractivity contribution in [3.63, 3.8) is 0 Å². The van der Waals surface area contributed by atoms with Crippen LogP contribution >= 0.6 is 15.9 Å². The van der Waals surface area contributed by atoms with Crippen LogP contribution in [0.2, 0.25) is 0 Å². The van der Waals surface area contributed by atoms with E-state index in [1.54, 1.807) is 25.1 Å². The lowest BCUT2D eigenvalue weighted by Crippen LogP contribution is -2.48. The van der Waals surface area contributed by atoms with Crippen molar-refractivity contribution in [3.05, 3.63) is 28.2 Å². The highest BCUT2D eigenvalue weighted by Gasteiger charge is 2.23. The molecule has 0 radical (unpaired) electrons. The number of nitrogen functional groups attached to an aromatic ring is 1. The Labute approximate surface area is 109 Å². The van der Waals surface area contributed by atoms with Gasteiger partial charge in [0.15, 0.2) is 0 Å². The fourth-order valence-corrected chi connectivity index (χ4v) is 1.52. The van der Waals surface area contributed by atoms with E-state index >= 15 is 0 Å². The van der Waals surface area contributed by atoms with E-state index in [1.807, 2.05) is 6.92 Å². The average Bonchev–Trinajstić information content (AvgIpc) is 2.32. The minimum absolute atomic E-state index is 0.0960. The average molecular weight is 301 g/mol. The number of hydrogen-bond acceptors (Lipinski definition) is 3. The monoisotopic (exact) mass is 300 g/mol. The molecule has 4 nitrogen and oxygen atoms in total. The number of amides is 1. The highest BCUT2D eigenvalue weighted by Crippen LogP contribution is 2.20. The van der Waals surface area contributed by atoms with Crippen molar-refractivity contribution < 1.29 is 9.90 Å². The molecule has 0 spiro atoms. The summed E-state index contributed by atoms with van der Waals surface area (Å²) >= 11 is 3.27. The number of benzene rings is 1. The number of aliphatic hydroxyl groups is 1. The molecule has 4 N–H and O–H groups in total. The van der Waals surface area contributed by atoms with Gasteiger partial charge in [-0.05, 0) is 47.5 Å². The Kier molecular flexibility index (Phi) is 4.54. The van der Waals surface area contributed by atoms with Crippen LogP contribution in [0.1, 0.15) is 30.6 Å². The van der Waals surface area contributed by atoms with Gasteiger partial charge < -0.3 is 16.2 Å². The molecular weight excluding hydrogens is 284 g/mol. The van der Waals surface area contributed by atoms with Crippen LogP contribution < -0.4 is 11.1 Å². The van der Waals surface area contributed by atoms with Crippen LogP contribution in [0.3, 0.4) is 0 Å². The molecule has 0 aliphatic rings. The molecule has 1 unspecified atom stereocenters. The summed E-state index contributed by atoms with van der Waals surface area (Å²) in [5.41, 5.74) is 6.11. The van der Waals surface area contributed by atoms with Gasteiger partial charge in [-0.2, -0.15) is 0 Å². The van der Waals surface area contributed by atoms with Crippen molar-refractivity contribution in [3.8, 4) is 0 Å². The number of carbonyl (C=O) groups is 1. The zero-order valence-corrected chi connectivity index (χ0v) is 11.5. The van der Waals surface area contributed by atoms with Crippen LogP contribution in [0, 0.1) is 0 Å². The molecule has 1 atom stereocenters. The largest absolute Gasteiger partial charge is 0.398 e. The third-order valence-electron chi connectivity index (χ3n) is 2.80. The van der Waals surface area contributed by atoms with Gasteiger partial charge in [-0.1, -0.05) is 6.92 Å². The van der Waals surface area contributed by atoms with Crippen LogP contribution in [0.15, 0.2) is 22.7 Å². The van der Waals surface area contributed by atoms with Crippen molar-refractivity contribution in [1.82, 2.24) is 5.32 Å². The lowest BCUT2D eigenvalue weighted by molar-refractivity contribution is 0.0847. The Bertz CT molecular complexity index is 417. The Morgan fingerprint density at radius 3 is 2.71 bits per heavy atom. The second kappa shape index (κ2) is 5.51. The first-order chi connectivity index (χ1) is 7.91. The summed E-state index contributed by atoms with van der Waals surface area (Å²) in [6.07, 6.45) is 0.654. The molecule has 0 aliphatic carbocycles. The second-order valence-corrected chi connectivity index (χ2v) is 5.12. The summed E-state index contributed by atoms with van der Waals surface area (Å²) in [7, 11) is 0. The zero-order chi connectivity index (χ0) is 13.1. The summed E-state index contributed by atoms with van der Waals surface area (Å²) in [4.78, 5) is 11.9. The summed E-state index contributed by atoms with van der Waals surface area (Å²) < 4.78 is 0.759. The molecule has 0 saturated heterocycles. The molecule has 94 valence electrons. The molecule has 1 rings (SSSR count). The first-order valence-corrected chi connectivity index (χ1v) is 6.19. The number of anilines is 1. The summed E-state index contributed by atoms with van der Waals surface area (Å²) in [6.45, 7) is 3.61. The van der Waals surface area contributed by atoms with Crippen molar-refractivity contribution in [1.29, 1.82) is 0 Å². The van der Waals surface area contributed by atoms with E-state index in [2.05, 4.69) is 21.2 Å². The summed E-state index contributed by atoms with van der Waals surface area (Å²) in [5, 5.41) is 12.0. The van der Waals surface area contributed by atoms with Gasteiger partial charge in [-0.25, -0.2) is 0 Å². The Morgan fingerprint density at radius 2 is 2.24 bits per heavy atom. The van der Waals surface area contributed by atoms with E-state index in [-0.39, 0.29) is 12.5 Å². The molecule has 0 aromatic heterocycles. The topological polar surface area (TPSA) is 75.3 Å². The number of carbonyl (C=O) groups excluding carboxylic acids is 1. The number of nitrogens with two attached hydrogens (primary N) is 1. The molecule has 1 aromatic rings. The fraction of sp³-hybridized carbons (Fsp3) is 0.417. The van der Waals surface area contributed by atoms with Gasteiger partial charge in [-0.3, -0.25) is 4.79 Å². The van der Waals surface area contributed by atoms with E-state index in [1.165, 1.54) is 0 Å². The predicted molar refractivity (Wildman–Crippen MR) is 71.8 cm³/mol. The molecule has 0 heterocycles. The fourth-order valence-electron chi connectivity index (χ4n) is 1.27. The van der Waals surface area contributed by atoms with Gasteiger partial charge in [0, 0.05) is 15.7 Å². The first-order valence-electron chi connectivity index (χ1n) is 5.40. The van der Waals surface area contributed by atoms with E-state index in [9.17, 15) is 9.90 Å². The van der Waals surface area contributed by atoms with Gasteiger partial charge >= 0.3 is 0 Å². The Balaban J connectivity index is 2.86. The predicted octanol–water partition coefficient (Wildman–Crippen LogP) is 1.92. The van der Waals surface area contributed by atoms with Gasteiger partial charge in [-0.15, -0.1) is 0 Å². The lowest BCUT2D eigenvalue weighted by atomic mass is 9.99. The molecule has 0 saturated carbocycles. The maximum atomic E-state index is 11.9. The third-order valence-corrected chi connectivity index (χ3v) is 3.52.